The molecule has 5 N–H and O–H groups in total. The van der Waals surface area contributed by atoms with Crippen molar-refractivity contribution in [3.8, 4) is 0 Å². The van der Waals surface area contributed by atoms with E-state index in [9.17, 15) is 4.79 Å². The Labute approximate surface area is 101 Å². The van der Waals surface area contributed by atoms with Crippen molar-refractivity contribution in [1.82, 2.24) is 5.32 Å². The predicted molar refractivity (Wildman–Crippen MR) is 68.5 cm³/mol. The first-order valence-electron chi connectivity index (χ1n) is 5.31. The average molecular weight is 231 g/mol. The van der Waals surface area contributed by atoms with Gasteiger partial charge in [-0.15, -0.1) is 0 Å². The number of carbonyl (C=O) groups excluding carboxylic acids is 1. The second-order valence-corrected chi connectivity index (χ2v) is 3.74. The van der Waals surface area contributed by atoms with Gasteiger partial charge in [0.15, 0.2) is 0 Å². The summed E-state index contributed by atoms with van der Waals surface area (Å²) in [5, 5.41) is 2.58. The molecule has 0 radical (unpaired) electrons. The van der Waals surface area contributed by atoms with Crippen LogP contribution in [0, 0.1) is 0 Å². The maximum absolute atomic E-state index is 11.6. The zero-order valence-electron chi connectivity index (χ0n) is 9.81. The minimum atomic E-state index is -0.145. The van der Waals surface area contributed by atoms with Gasteiger partial charge in [-0.1, -0.05) is 30.3 Å². The molecule has 0 atom stereocenters. The Morgan fingerprint density at radius 1 is 1.24 bits per heavy atom. The monoisotopic (exact) mass is 231 g/mol. The summed E-state index contributed by atoms with van der Waals surface area (Å²) < 4.78 is 0. The van der Waals surface area contributed by atoms with Gasteiger partial charge >= 0.3 is 0 Å². The highest BCUT2D eigenvalue weighted by Crippen LogP contribution is 1.99. The largest absolute Gasteiger partial charge is 0.402 e. The minimum Gasteiger partial charge on any atom is -0.402 e. The number of benzene rings is 1. The van der Waals surface area contributed by atoms with Gasteiger partial charge in [-0.3, -0.25) is 4.79 Å². The van der Waals surface area contributed by atoms with Crippen LogP contribution in [0.1, 0.15) is 12.5 Å². The molecule has 0 fully saturated rings. The van der Waals surface area contributed by atoms with E-state index in [0.29, 0.717) is 12.1 Å². The number of carbonyl (C=O) groups is 1. The summed E-state index contributed by atoms with van der Waals surface area (Å²) in [7, 11) is 0. The molecule has 0 bridgehead atoms. The van der Waals surface area contributed by atoms with Crippen LogP contribution in [-0.2, 0) is 11.2 Å². The molecule has 17 heavy (non-hydrogen) atoms. The van der Waals surface area contributed by atoms with Crippen molar-refractivity contribution in [3.05, 3.63) is 59.6 Å². The molecule has 1 aromatic rings. The van der Waals surface area contributed by atoms with Gasteiger partial charge in [0.25, 0.3) is 0 Å². The van der Waals surface area contributed by atoms with E-state index in [1.54, 1.807) is 19.1 Å². The fraction of sp³-hybridized carbons (Fsp3) is 0.154. The van der Waals surface area contributed by atoms with E-state index in [1.807, 2.05) is 30.3 Å². The molecule has 4 nitrogen and oxygen atoms in total. The number of nitrogens with two attached hydrogens (primary N) is 2. The van der Waals surface area contributed by atoms with Gasteiger partial charge in [0, 0.05) is 5.70 Å². The number of amides is 1. The lowest BCUT2D eigenvalue weighted by Gasteiger charge is -2.04. The van der Waals surface area contributed by atoms with Crippen LogP contribution < -0.4 is 16.8 Å². The van der Waals surface area contributed by atoms with E-state index in [4.69, 9.17) is 11.5 Å². The molecular weight excluding hydrogens is 214 g/mol. The molecule has 0 aliphatic carbocycles. The molecule has 4 heteroatoms. The van der Waals surface area contributed by atoms with E-state index in [-0.39, 0.29) is 11.7 Å². The number of hydrogen-bond acceptors (Lipinski definition) is 3. The first kappa shape index (κ1) is 12.8. The highest BCUT2D eigenvalue weighted by Gasteiger charge is 2.02. The smallest absolute Gasteiger partial charge is 0.229 e. The molecule has 0 aliphatic rings. The van der Waals surface area contributed by atoms with E-state index >= 15 is 0 Å². The third-order valence-electron chi connectivity index (χ3n) is 2.02. The molecule has 1 rings (SSSR count). The van der Waals surface area contributed by atoms with E-state index in [2.05, 4.69) is 5.32 Å². The van der Waals surface area contributed by atoms with Gasteiger partial charge < -0.3 is 16.8 Å². The Bertz CT molecular complexity index is 431. The van der Waals surface area contributed by atoms with Crippen molar-refractivity contribution in [2.24, 2.45) is 11.5 Å². The summed E-state index contributed by atoms with van der Waals surface area (Å²) in [5.41, 5.74) is 12.6. The summed E-state index contributed by atoms with van der Waals surface area (Å²) in [5.74, 6) is 0.142. The summed E-state index contributed by atoms with van der Waals surface area (Å²) in [6.07, 6.45) is 3.51. The lowest BCUT2D eigenvalue weighted by molar-refractivity contribution is -0.119. The van der Waals surface area contributed by atoms with Crippen molar-refractivity contribution < 1.29 is 4.79 Å². The normalized spacial score (nSPS) is 12.3. The molecule has 1 amide bonds. The third-order valence-corrected chi connectivity index (χ3v) is 2.02. The predicted octanol–water partition coefficient (Wildman–Crippen LogP) is 1.01. The summed E-state index contributed by atoms with van der Waals surface area (Å²) in [6, 6.07) is 9.47. The van der Waals surface area contributed by atoms with Crippen molar-refractivity contribution in [2.45, 2.75) is 13.3 Å². The molecule has 0 saturated carbocycles. The Hall–Kier alpha value is -2.23. The zero-order chi connectivity index (χ0) is 12.7. The van der Waals surface area contributed by atoms with Gasteiger partial charge in [-0.25, -0.2) is 0 Å². The molecule has 0 spiro atoms. The van der Waals surface area contributed by atoms with Gasteiger partial charge in [0.05, 0.1) is 6.42 Å². The summed E-state index contributed by atoms with van der Waals surface area (Å²) in [4.78, 5) is 11.6. The average Bonchev–Trinajstić information content (AvgIpc) is 2.27. The Morgan fingerprint density at radius 2 is 1.88 bits per heavy atom. The molecule has 1 aromatic carbocycles. The molecular formula is C13H17N3O. The van der Waals surface area contributed by atoms with Crippen LogP contribution in [0.15, 0.2) is 54.0 Å². The van der Waals surface area contributed by atoms with E-state index in [1.165, 1.54) is 0 Å². The minimum absolute atomic E-state index is 0.145. The van der Waals surface area contributed by atoms with Gasteiger partial charge in [0.2, 0.25) is 5.91 Å². The highest BCUT2D eigenvalue weighted by molar-refractivity contribution is 5.80. The zero-order valence-corrected chi connectivity index (χ0v) is 9.81. The van der Waals surface area contributed by atoms with Crippen LogP contribution >= 0.6 is 0 Å². The van der Waals surface area contributed by atoms with Crippen LogP contribution in [0.2, 0.25) is 0 Å². The highest BCUT2D eigenvalue weighted by atomic mass is 16.1. The topological polar surface area (TPSA) is 81.1 Å². The Morgan fingerprint density at radius 3 is 2.47 bits per heavy atom. The molecule has 0 heterocycles. The maximum atomic E-state index is 11.6. The summed E-state index contributed by atoms with van der Waals surface area (Å²) in [6.45, 7) is 1.75. The van der Waals surface area contributed by atoms with Crippen molar-refractivity contribution in [2.75, 3.05) is 0 Å². The van der Waals surface area contributed by atoms with Crippen LogP contribution in [0.5, 0.6) is 0 Å². The first-order chi connectivity index (χ1) is 8.08. The molecule has 90 valence electrons. The molecule has 0 unspecified atom stereocenters. The molecule has 0 aliphatic heterocycles. The van der Waals surface area contributed by atoms with Crippen LogP contribution in [0.3, 0.4) is 0 Å². The van der Waals surface area contributed by atoms with Gasteiger partial charge in [0.1, 0.15) is 5.82 Å². The van der Waals surface area contributed by atoms with Crippen LogP contribution in [0.4, 0.5) is 0 Å². The van der Waals surface area contributed by atoms with Crippen molar-refractivity contribution in [1.29, 1.82) is 0 Å². The fourth-order valence-corrected chi connectivity index (χ4v) is 1.25. The number of nitrogens with one attached hydrogen (secondary N) is 1. The molecule has 0 saturated heterocycles. The lowest BCUT2D eigenvalue weighted by atomic mass is 10.1. The van der Waals surface area contributed by atoms with Crippen LogP contribution in [-0.4, -0.2) is 5.91 Å². The molecule has 0 aromatic heterocycles. The number of allylic oxidation sites excluding steroid dienone is 3. The number of rotatable bonds is 4. The lowest BCUT2D eigenvalue weighted by Crippen LogP contribution is -2.28. The van der Waals surface area contributed by atoms with E-state index in [0.717, 1.165) is 5.56 Å². The fourth-order valence-electron chi connectivity index (χ4n) is 1.25. The number of hydrogen-bond donors (Lipinski definition) is 3. The van der Waals surface area contributed by atoms with Crippen molar-refractivity contribution >= 4 is 5.91 Å². The third kappa shape index (κ3) is 5.41. The van der Waals surface area contributed by atoms with E-state index < -0.39 is 0 Å². The quantitative estimate of drug-likeness (QED) is 0.676. The SMILES string of the molecule is C/C(N)=C/C=C(\N)NC(=O)Cc1ccccc1. The van der Waals surface area contributed by atoms with Gasteiger partial charge in [-0.2, -0.15) is 0 Å². The second-order valence-electron chi connectivity index (χ2n) is 3.74. The summed E-state index contributed by atoms with van der Waals surface area (Å²) >= 11 is 0. The Balaban J connectivity index is 2.51. The first-order valence-corrected chi connectivity index (χ1v) is 5.31. The second kappa shape index (κ2) is 6.37. The maximum Gasteiger partial charge on any atom is 0.229 e. The standard InChI is InChI=1S/C13H17N3O/c1-10(14)7-8-12(15)16-13(17)9-11-5-3-2-4-6-11/h2-8H,9,14-15H2,1H3,(H,16,17)/b10-7-,12-8+. The van der Waals surface area contributed by atoms with Crippen molar-refractivity contribution in [3.63, 3.8) is 0 Å². The van der Waals surface area contributed by atoms with Crippen LogP contribution in [0.25, 0.3) is 0 Å². The van der Waals surface area contributed by atoms with Gasteiger partial charge in [-0.05, 0) is 24.6 Å². The Kier molecular flexibility index (Phi) is 4.81.